The van der Waals surface area contributed by atoms with E-state index in [1.54, 1.807) is 15.5 Å². The summed E-state index contributed by atoms with van der Waals surface area (Å²) in [4.78, 5) is 23.6. The van der Waals surface area contributed by atoms with Gasteiger partial charge >= 0.3 is 0 Å². The first-order valence-electron chi connectivity index (χ1n) is 11.3. The predicted molar refractivity (Wildman–Crippen MR) is 130 cm³/mol. The van der Waals surface area contributed by atoms with Crippen molar-refractivity contribution in [1.82, 2.24) is 24.9 Å². The number of carbonyl (C=O) groups excluding carboxylic acids is 1. The van der Waals surface area contributed by atoms with E-state index in [1.165, 1.54) is 11.8 Å². The maximum absolute atomic E-state index is 12.5. The Bertz CT molecular complexity index is 1180. The number of benzene rings is 1. The molecule has 1 aliphatic carbocycles. The summed E-state index contributed by atoms with van der Waals surface area (Å²) >= 11 is 1.47. The van der Waals surface area contributed by atoms with E-state index in [-0.39, 0.29) is 5.91 Å². The first-order chi connectivity index (χ1) is 16.0. The number of aryl methyl sites for hydroxylation is 1. The highest BCUT2D eigenvalue weighted by Crippen LogP contribution is 2.29. The molecule has 8 nitrogen and oxygen atoms in total. The molecule has 1 aromatic carbocycles. The molecule has 2 aromatic heterocycles. The van der Waals surface area contributed by atoms with Gasteiger partial charge in [0.05, 0.1) is 6.20 Å². The SMILES string of the molecule is [B]N(CC1CCOCC1)c1nc(SC)nc2c(-c3ccc(C(=O)NC4CC4)c(C)c3)cnn12. The van der Waals surface area contributed by atoms with Gasteiger partial charge in [0.1, 0.15) is 0 Å². The second-order valence-electron chi connectivity index (χ2n) is 8.79. The van der Waals surface area contributed by atoms with Crippen LogP contribution in [0.4, 0.5) is 5.95 Å². The Morgan fingerprint density at radius 2 is 2.06 bits per heavy atom. The Morgan fingerprint density at radius 3 is 2.76 bits per heavy atom. The van der Waals surface area contributed by atoms with Crippen molar-refractivity contribution in [3.63, 3.8) is 0 Å². The third-order valence-corrected chi connectivity index (χ3v) is 6.81. The van der Waals surface area contributed by atoms with E-state index in [0.717, 1.165) is 55.6 Å². The van der Waals surface area contributed by atoms with Crippen molar-refractivity contribution in [3.8, 4) is 11.1 Å². The molecule has 33 heavy (non-hydrogen) atoms. The van der Waals surface area contributed by atoms with Gasteiger partial charge in [-0.15, -0.1) is 0 Å². The Kier molecular flexibility index (Phi) is 6.29. The molecule has 3 aromatic rings. The third-order valence-electron chi connectivity index (χ3n) is 6.26. The Balaban J connectivity index is 1.47. The maximum Gasteiger partial charge on any atom is 0.251 e. The number of thioether (sulfide) groups is 1. The lowest BCUT2D eigenvalue weighted by molar-refractivity contribution is 0.0690. The molecule has 1 aliphatic heterocycles. The van der Waals surface area contributed by atoms with Gasteiger partial charge in [-0.1, -0.05) is 23.9 Å². The van der Waals surface area contributed by atoms with Crippen molar-refractivity contribution in [3.05, 3.63) is 35.5 Å². The lowest BCUT2D eigenvalue weighted by Crippen LogP contribution is -2.32. The minimum atomic E-state index is -0.0115. The number of nitrogens with zero attached hydrogens (tertiary/aromatic N) is 5. The summed E-state index contributed by atoms with van der Waals surface area (Å²) in [5, 5.41) is 8.27. The normalized spacial score (nSPS) is 16.8. The van der Waals surface area contributed by atoms with E-state index in [2.05, 4.69) is 15.4 Å². The highest BCUT2D eigenvalue weighted by atomic mass is 32.2. The highest BCUT2D eigenvalue weighted by molar-refractivity contribution is 7.98. The van der Waals surface area contributed by atoms with E-state index in [0.29, 0.717) is 40.8 Å². The standard InChI is InChI=1S/C23H27BN6O2S/c1-14-11-16(3-6-18(14)21(31)26-17-4-5-17)19-12-25-30-20(19)27-22(33-2)28-23(30)29(24)13-15-7-9-32-10-8-15/h3,6,11-12,15,17H,4-5,7-10,13H2,1-2H3,(H,26,31). The molecule has 1 amide bonds. The van der Waals surface area contributed by atoms with Gasteiger partial charge in [0.2, 0.25) is 13.9 Å². The number of ether oxygens (including phenoxy) is 1. The van der Waals surface area contributed by atoms with Crippen molar-refractivity contribution in [2.75, 3.05) is 30.8 Å². The molecule has 1 saturated carbocycles. The molecular formula is C23H27BN6O2S. The van der Waals surface area contributed by atoms with Gasteiger partial charge in [0.15, 0.2) is 10.8 Å². The maximum atomic E-state index is 12.5. The Hall–Kier alpha value is -2.59. The number of aromatic nitrogens is 4. The lowest BCUT2D eigenvalue weighted by atomic mass is 9.98. The topological polar surface area (TPSA) is 84.6 Å². The average Bonchev–Trinajstić information content (AvgIpc) is 3.53. The Labute approximate surface area is 198 Å². The van der Waals surface area contributed by atoms with Crippen LogP contribution in [0, 0.1) is 12.8 Å². The summed E-state index contributed by atoms with van der Waals surface area (Å²) in [7, 11) is 6.47. The zero-order valence-corrected chi connectivity index (χ0v) is 19.8. The Morgan fingerprint density at radius 1 is 1.27 bits per heavy atom. The van der Waals surface area contributed by atoms with Crippen molar-refractivity contribution >= 4 is 37.2 Å². The summed E-state index contributed by atoms with van der Waals surface area (Å²) in [6.45, 7) is 4.18. The van der Waals surface area contributed by atoms with Gasteiger partial charge < -0.3 is 14.9 Å². The van der Waals surface area contributed by atoms with Crippen molar-refractivity contribution in [1.29, 1.82) is 0 Å². The van der Waals surface area contributed by atoms with Crippen LogP contribution in [0.15, 0.2) is 29.6 Å². The van der Waals surface area contributed by atoms with Gasteiger partial charge in [-0.05, 0) is 62.0 Å². The molecule has 2 radical (unpaired) electrons. The van der Waals surface area contributed by atoms with Crippen LogP contribution in [-0.4, -0.2) is 65.5 Å². The van der Waals surface area contributed by atoms with Crippen LogP contribution in [0.2, 0.25) is 0 Å². The first kappa shape index (κ1) is 22.2. The van der Waals surface area contributed by atoms with E-state index >= 15 is 0 Å². The smallest absolute Gasteiger partial charge is 0.251 e. The monoisotopic (exact) mass is 462 g/mol. The van der Waals surface area contributed by atoms with Crippen LogP contribution in [0.5, 0.6) is 0 Å². The van der Waals surface area contributed by atoms with Crippen LogP contribution < -0.4 is 10.1 Å². The largest absolute Gasteiger partial charge is 0.394 e. The molecule has 2 fully saturated rings. The molecule has 0 atom stereocenters. The summed E-state index contributed by atoms with van der Waals surface area (Å²) in [5.41, 5.74) is 4.15. The summed E-state index contributed by atoms with van der Waals surface area (Å²) in [6.07, 6.45) is 7.85. The molecular weight excluding hydrogens is 435 g/mol. The highest BCUT2D eigenvalue weighted by Gasteiger charge is 2.25. The fourth-order valence-electron chi connectivity index (χ4n) is 4.19. The zero-order valence-electron chi connectivity index (χ0n) is 19.0. The van der Waals surface area contributed by atoms with E-state index in [9.17, 15) is 4.79 Å². The number of carbonyl (C=O) groups is 1. The minimum Gasteiger partial charge on any atom is -0.394 e. The molecule has 1 saturated heterocycles. The molecule has 0 bridgehead atoms. The number of amides is 1. The van der Waals surface area contributed by atoms with Crippen LogP contribution in [0.1, 0.15) is 41.6 Å². The minimum absolute atomic E-state index is 0.0115. The first-order valence-corrected chi connectivity index (χ1v) is 12.6. The number of hydrogen-bond donors (Lipinski definition) is 1. The molecule has 0 spiro atoms. The fourth-order valence-corrected chi connectivity index (χ4v) is 4.54. The fraction of sp³-hybridized carbons (Fsp3) is 0.478. The van der Waals surface area contributed by atoms with Gasteiger partial charge in [0, 0.05) is 36.9 Å². The van der Waals surface area contributed by atoms with Gasteiger partial charge in [0.25, 0.3) is 5.91 Å². The second kappa shape index (κ2) is 9.34. The number of anilines is 1. The van der Waals surface area contributed by atoms with E-state index in [1.807, 2.05) is 31.4 Å². The third kappa shape index (κ3) is 4.72. The molecule has 5 rings (SSSR count). The van der Waals surface area contributed by atoms with E-state index < -0.39 is 0 Å². The number of rotatable bonds is 7. The van der Waals surface area contributed by atoms with Gasteiger partial charge in [-0.2, -0.15) is 14.6 Å². The van der Waals surface area contributed by atoms with Crippen molar-refractivity contribution in [2.24, 2.45) is 5.92 Å². The zero-order chi connectivity index (χ0) is 22.9. The number of fused-ring (bicyclic) bond motifs is 1. The molecule has 0 unspecified atom stereocenters. The summed E-state index contributed by atoms with van der Waals surface area (Å²) in [5.74, 6) is 1.01. The van der Waals surface area contributed by atoms with E-state index in [4.69, 9.17) is 17.7 Å². The number of hydrogen-bond acceptors (Lipinski definition) is 7. The number of nitrogens with one attached hydrogen (secondary N) is 1. The molecule has 1 N–H and O–H groups in total. The van der Waals surface area contributed by atoms with Crippen LogP contribution in [0.25, 0.3) is 16.8 Å². The predicted octanol–water partition coefficient (Wildman–Crippen LogP) is 3.03. The second-order valence-corrected chi connectivity index (χ2v) is 9.56. The van der Waals surface area contributed by atoms with Crippen LogP contribution >= 0.6 is 11.8 Å². The van der Waals surface area contributed by atoms with Crippen LogP contribution in [-0.2, 0) is 4.74 Å². The quantitative estimate of drug-likeness (QED) is 0.427. The lowest BCUT2D eigenvalue weighted by Gasteiger charge is -2.28. The van der Waals surface area contributed by atoms with Crippen molar-refractivity contribution in [2.45, 2.75) is 43.8 Å². The van der Waals surface area contributed by atoms with Crippen molar-refractivity contribution < 1.29 is 9.53 Å². The molecule has 10 heteroatoms. The molecule has 170 valence electrons. The molecule has 3 heterocycles. The average molecular weight is 462 g/mol. The van der Waals surface area contributed by atoms with Gasteiger partial charge in [-0.25, -0.2) is 4.98 Å². The molecule has 2 aliphatic rings. The summed E-state index contributed by atoms with van der Waals surface area (Å²) in [6, 6.07) is 6.18. The van der Waals surface area contributed by atoms with Crippen LogP contribution in [0.3, 0.4) is 0 Å². The summed E-state index contributed by atoms with van der Waals surface area (Å²) < 4.78 is 7.18. The van der Waals surface area contributed by atoms with Gasteiger partial charge in [-0.3, -0.25) is 4.79 Å².